The first-order chi connectivity index (χ1) is 8.38. The van der Waals surface area contributed by atoms with E-state index in [-0.39, 0.29) is 5.76 Å². The van der Waals surface area contributed by atoms with Crippen LogP contribution in [0.3, 0.4) is 0 Å². The summed E-state index contributed by atoms with van der Waals surface area (Å²) in [5.74, 6) is -0.367. The molecular weight excluding hydrogens is 240 g/mol. The van der Waals surface area contributed by atoms with Crippen molar-refractivity contribution >= 4 is 6.08 Å². The largest absolute Gasteiger partial charge is 0.507 e. The molecule has 1 aromatic rings. The number of aliphatic hydroxyl groups excluding tert-OH is 3. The fourth-order valence-corrected chi connectivity index (χ4v) is 1.46. The average Bonchev–Trinajstić information content (AvgIpc) is 2.27. The monoisotopic (exact) mass is 256 g/mol. The maximum absolute atomic E-state index is 11.6. The molecule has 3 atom stereocenters. The van der Waals surface area contributed by atoms with Gasteiger partial charge in [-0.3, -0.25) is 0 Å². The van der Waals surface area contributed by atoms with Crippen molar-refractivity contribution in [3.05, 3.63) is 33.9 Å². The van der Waals surface area contributed by atoms with Crippen molar-refractivity contribution in [2.45, 2.75) is 32.2 Å². The number of allylic oxidation sites excluding steroid dienone is 1. The minimum atomic E-state index is -1.72. The van der Waals surface area contributed by atoms with Crippen LogP contribution in [0.25, 0.3) is 6.08 Å². The lowest BCUT2D eigenvalue weighted by Gasteiger charge is -2.20. The Labute approximate surface area is 103 Å². The van der Waals surface area contributed by atoms with E-state index >= 15 is 0 Å². The Balaban J connectivity index is 3.22. The first kappa shape index (κ1) is 14.4. The van der Waals surface area contributed by atoms with Crippen LogP contribution in [0.5, 0.6) is 5.75 Å². The van der Waals surface area contributed by atoms with Crippen LogP contribution in [0.4, 0.5) is 0 Å². The van der Waals surface area contributed by atoms with Crippen LogP contribution >= 0.6 is 0 Å². The third kappa shape index (κ3) is 2.98. The first-order valence-corrected chi connectivity index (χ1v) is 5.42. The molecule has 0 aliphatic heterocycles. The summed E-state index contributed by atoms with van der Waals surface area (Å²) in [5, 5.41) is 37.9. The molecule has 4 N–H and O–H groups in total. The fourth-order valence-electron chi connectivity index (χ4n) is 1.46. The smallest absolute Gasteiger partial charge is 0.345 e. The summed E-state index contributed by atoms with van der Waals surface area (Å²) < 4.78 is 4.83. The molecule has 0 amide bonds. The first-order valence-electron chi connectivity index (χ1n) is 5.42. The van der Waals surface area contributed by atoms with Gasteiger partial charge in [-0.25, -0.2) is 4.79 Å². The second kappa shape index (κ2) is 5.81. The SMILES string of the molecule is C/C=C/c1cc(O)c([C@@H](O)[C@H](O)[C@H](C)O)c(=O)o1. The number of aromatic hydroxyl groups is 1. The highest BCUT2D eigenvalue weighted by molar-refractivity contribution is 5.46. The molecule has 1 aromatic heterocycles. The number of hydrogen-bond acceptors (Lipinski definition) is 6. The average molecular weight is 256 g/mol. The quantitative estimate of drug-likeness (QED) is 0.610. The molecule has 6 nitrogen and oxygen atoms in total. The Morgan fingerprint density at radius 2 is 1.94 bits per heavy atom. The second-order valence-electron chi connectivity index (χ2n) is 3.91. The molecule has 0 unspecified atom stereocenters. The van der Waals surface area contributed by atoms with Gasteiger partial charge in [0.15, 0.2) is 0 Å². The fraction of sp³-hybridized carbons (Fsp3) is 0.417. The lowest BCUT2D eigenvalue weighted by Crippen LogP contribution is -2.32. The second-order valence-corrected chi connectivity index (χ2v) is 3.91. The summed E-state index contributed by atoms with van der Waals surface area (Å²) in [7, 11) is 0. The summed E-state index contributed by atoms with van der Waals surface area (Å²) in [6, 6.07) is 1.15. The van der Waals surface area contributed by atoms with E-state index in [1.165, 1.54) is 13.0 Å². The van der Waals surface area contributed by atoms with Gasteiger partial charge in [-0.05, 0) is 19.9 Å². The van der Waals surface area contributed by atoms with E-state index in [1.807, 2.05) is 0 Å². The Hall–Kier alpha value is -1.63. The van der Waals surface area contributed by atoms with Crippen LogP contribution in [0, 0.1) is 0 Å². The molecule has 0 spiro atoms. The predicted octanol–water partition coefficient (Wildman–Crippen LogP) is 0.154. The van der Waals surface area contributed by atoms with Crippen molar-refractivity contribution in [3.8, 4) is 5.75 Å². The summed E-state index contributed by atoms with van der Waals surface area (Å²) in [6.45, 7) is 2.96. The van der Waals surface area contributed by atoms with Crippen molar-refractivity contribution in [2.75, 3.05) is 0 Å². The molecule has 6 heteroatoms. The Kier molecular flexibility index (Phi) is 4.66. The summed E-state index contributed by atoms with van der Waals surface area (Å²) >= 11 is 0. The molecule has 0 aliphatic rings. The molecule has 0 saturated carbocycles. The zero-order valence-electron chi connectivity index (χ0n) is 10.1. The summed E-state index contributed by atoms with van der Waals surface area (Å²) in [6.07, 6.45) is -1.50. The normalized spacial score (nSPS) is 16.7. The van der Waals surface area contributed by atoms with Gasteiger partial charge in [0.25, 0.3) is 0 Å². The molecule has 1 rings (SSSR count). The van der Waals surface area contributed by atoms with Crippen molar-refractivity contribution in [2.24, 2.45) is 0 Å². The van der Waals surface area contributed by atoms with Crippen molar-refractivity contribution in [3.63, 3.8) is 0 Å². The number of rotatable bonds is 4. The Bertz CT molecular complexity index is 488. The standard InChI is InChI=1S/C12H16O6/c1-3-4-7-5-8(14)9(12(17)18-7)11(16)10(15)6(2)13/h3-6,10-11,13-16H,1-2H3/b4-3+/t6-,10+,11+/m0/s1. The Morgan fingerprint density at radius 1 is 1.33 bits per heavy atom. The minimum absolute atomic E-state index is 0.127. The van der Waals surface area contributed by atoms with Gasteiger partial charge in [0.1, 0.15) is 29.3 Å². The molecule has 0 aromatic carbocycles. The van der Waals surface area contributed by atoms with E-state index in [2.05, 4.69) is 0 Å². The van der Waals surface area contributed by atoms with Crippen molar-refractivity contribution < 1.29 is 24.8 Å². The van der Waals surface area contributed by atoms with Gasteiger partial charge >= 0.3 is 5.63 Å². The van der Waals surface area contributed by atoms with Crippen LogP contribution in [-0.4, -0.2) is 32.6 Å². The van der Waals surface area contributed by atoms with Gasteiger partial charge < -0.3 is 24.8 Å². The van der Waals surface area contributed by atoms with Gasteiger partial charge in [0.05, 0.1) is 6.10 Å². The number of hydrogen-bond donors (Lipinski definition) is 4. The van der Waals surface area contributed by atoms with Gasteiger partial charge in [-0.1, -0.05) is 6.08 Å². The van der Waals surface area contributed by atoms with Crippen molar-refractivity contribution in [1.82, 2.24) is 0 Å². The molecule has 0 aliphatic carbocycles. The zero-order valence-corrected chi connectivity index (χ0v) is 10.1. The topological polar surface area (TPSA) is 111 Å². The molecule has 1 heterocycles. The van der Waals surface area contributed by atoms with Crippen LogP contribution < -0.4 is 5.63 Å². The van der Waals surface area contributed by atoms with E-state index in [4.69, 9.17) is 9.52 Å². The molecule has 0 fully saturated rings. The molecule has 0 bridgehead atoms. The van der Waals surface area contributed by atoms with Crippen LogP contribution in [-0.2, 0) is 0 Å². The molecule has 0 saturated heterocycles. The highest BCUT2D eigenvalue weighted by Crippen LogP contribution is 2.25. The van der Waals surface area contributed by atoms with Crippen LogP contribution in [0.15, 0.2) is 21.4 Å². The minimum Gasteiger partial charge on any atom is -0.507 e. The van der Waals surface area contributed by atoms with E-state index in [1.54, 1.807) is 13.0 Å². The maximum Gasteiger partial charge on any atom is 0.345 e. The van der Waals surface area contributed by atoms with E-state index in [0.29, 0.717) is 0 Å². The maximum atomic E-state index is 11.6. The van der Waals surface area contributed by atoms with Crippen LogP contribution in [0.2, 0.25) is 0 Å². The summed E-state index contributed by atoms with van der Waals surface area (Å²) in [5.41, 5.74) is -1.44. The van der Waals surface area contributed by atoms with Gasteiger partial charge in [-0.15, -0.1) is 0 Å². The van der Waals surface area contributed by atoms with E-state index in [9.17, 15) is 20.1 Å². The Morgan fingerprint density at radius 3 is 2.39 bits per heavy atom. The highest BCUT2D eigenvalue weighted by atomic mass is 16.4. The number of aliphatic hydroxyl groups is 3. The van der Waals surface area contributed by atoms with Gasteiger partial charge in [-0.2, -0.15) is 0 Å². The summed E-state index contributed by atoms with van der Waals surface area (Å²) in [4.78, 5) is 11.6. The molecule has 100 valence electrons. The van der Waals surface area contributed by atoms with Crippen molar-refractivity contribution in [1.29, 1.82) is 0 Å². The lowest BCUT2D eigenvalue weighted by molar-refractivity contribution is -0.0550. The lowest BCUT2D eigenvalue weighted by atomic mass is 10.0. The predicted molar refractivity (Wildman–Crippen MR) is 64.0 cm³/mol. The zero-order chi connectivity index (χ0) is 13.9. The molecule has 18 heavy (non-hydrogen) atoms. The third-order valence-corrected chi connectivity index (χ3v) is 2.43. The molecule has 0 radical (unpaired) electrons. The highest BCUT2D eigenvalue weighted by Gasteiger charge is 2.28. The third-order valence-electron chi connectivity index (χ3n) is 2.43. The molecular formula is C12H16O6. The van der Waals surface area contributed by atoms with Crippen LogP contribution in [0.1, 0.15) is 31.3 Å². The van der Waals surface area contributed by atoms with Gasteiger partial charge in [0.2, 0.25) is 0 Å². The van der Waals surface area contributed by atoms with Gasteiger partial charge in [0, 0.05) is 6.07 Å². The van der Waals surface area contributed by atoms with E-state index < -0.39 is 35.3 Å². The van der Waals surface area contributed by atoms with E-state index in [0.717, 1.165) is 6.07 Å².